The van der Waals surface area contributed by atoms with Crippen LogP contribution in [0.15, 0.2) is 52.5 Å². The highest BCUT2D eigenvalue weighted by atomic mass is 32.2. The largest absolute Gasteiger partial charge is 0.344 e. The van der Waals surface area contributed by atoms with Crippen LogP contribution in [0.3, 0.4) is 0 Å². The molecule has 2 heterocycles. The molecule has 1 atom stereocenters. The first-order valence-corrected chi connectivity index (χ1v) is 9.14. The van der Waals surface area contributed by atoms with Crippen LogP contribution in [-0.4, -0.2) is 38.6 Å². The van der Waals surface area contributed by atoms with E-state index in [1.165, 1.54) is 12.3 Å². The number of hydrogen-bond donors (Lipinski definition) is 3. The summed E-state index contributed by atoms with van der Waals surface area (Å²) in [6, 6.07) is 9.42. The number of thioether (sulfide) groups is 1. The van der Waals surface area contributed by atoms with Gasteiger partial charge in [0.05, 0.1) is 5.75 Å². The summed E-state index contributed by atoms with van der Waals surface area (Å²) in [7, 11) is 0. The van der Waals surface area contributed by atoms with E-state index in [4.69, 9.17) is 0 Å². The van der Waals surface area contributed by atoms with Crippen LogP contribution in [0.25, 0.3) is 0 Å². The number of amides is 4. The van der Waals surface area contributed by atoms with E-state index in [9.17, 15) is 19.2 Å². The number of hydrazine groups is 1. The summed E-state index contributed by atoms with van der Waals surface area (Å²) < 4.78 is 0. The number of carbonyl (C=O) groups is 3. The van der Waals surface area contributed by atoms with Gasteiger partial charge >= 0.3 is 6.03 Å². The molecule has 3 rings (SSSR count). The Kier molecular flexibility index (Phi) is 5.26. The van der Waals surface area contributed by atoms with Gasteiger partial charge in [-0.15, -0.1) is 0 Å². The number of aromatic nitrogens is 2. The lowest BCUT2D eigenvalue weighted by Gasteiger charge is -2.25. The molecule has 1 aliphatic rings. The van der Waals surface area contributed by atoms with Gasteiger partial charge in [0, 0.05) is 12.3 Å². The Morgan fingerprint density at radius 1 is 1.22 bits per heavy atom. The van der Waals surface area contributed by atoms with Gasteiger partial charge in [-0.3, -0.25) is 19.8 Å². The standard InChI is InChI=1S/C17H17N5O4S/c1-2-17(11-6-4-3-5-7-11)14(25)22(16(26)20-17)21-13(24)10-27-15-18-9-8-12(23)19-15/h3-9H,2,10H2,1H3,(H,20,26)(H,21,24)(H,18,19,23)/t17-/m1/s1. The maximum Gasteiger partial charge on any atom is 0.344 e. The molecule has 4 amide bonds. The second-order valence-electron chi connectivity index (χ2n) is 5.76. The van der Waals surface area contributed by atoms with Crippen molar-refractivity contribution < 1.29 is 14.4 Å². The van der Waals surface area contributed by atoms with E-state index >= 15 is 0 Å². The number of aromatic amines is 1. The molecule has 1 aromatic heterocycles. The molecular weight excluding hydrogens is 370 g/mol. The SMILES string of the molecule is CC[C@]1(c2ccccc2)NC(=O)N(NC(=O)CSc2nccc(=O)[nH]2)C1=O. The van der Waals surface area contributed by atoms with Crippen molar-refractivity contribution in [1.82, 2.24) is 25.7 Å². The number of imide groups is 1. The van der Waals surface area contributed by atoms with Crippen LogP contribution in [0.5, 0.6) is 0 Å². The molecule has 0 radical (unpaired) electrons. The second kappa shape index (κ2) is 7.62. The molecule has 3 N–H and O–H groups in total. The van der Waals surface area contributed by atoms with Gasteiger partial charge in [-0.2, -0.15) is 5.01 Å². The molecular formula is C17H17N5O4S. The van der Waals surface area contributed by atoms with Gasteiger partial charge in [-0.25, -0.2) is 9.78 Å². The molecule has 0 saturated carbocycles. The molecule has 0 aliphatic carbocycles. The first-order chi connectivity index (χ1) is 13.0. The normalized spacial score (nSPS) is 19.1. The Balaban J connectivity index is 1.70. The fourth-order valence-corrected chi connectivity index (χ4v) is 3.40. The van der Waals surface area contributed by atoms with Gasteiger partial charge in [0.15, 0.2) is 5.16 Å². The van der Waals surface area contributed by atoms with Gasteiger partial charge in [-0.05, 0) is 12.0 Å². The zero-order chi connectivity index (χ0) is 19.4. The molecule has 9 nitrogen and oxygen atoms in total. The van der Waals surface area contributed by atoms with Gasteiger partial charge < -0.3 is 10.3 Å². The van der Waals surface area contributed by atoms with Crippen molar-refractivity contribution in [3.63, 3.8) is 0 Å². The molecule has 0 unspecified atom stereocenters. The average molecular weight is 387 g/mol. The van der Waals surface area contributed by atoms with Crippen molar-refractivity contribution in [3.05, 3.63) is 58.5 Å². The molecule has 0 spiro atoms. The van der Waals surface area contributed by atoms with E-state index in [-0.39, 0.29) is 16.5 Å². The third kappa shape index (κ3) is 3.70. The number of urea groups is 1. The van der Waals surface area contributed by atoms with Crippen molar-refractivity contribution in [2.24, 2.45) is 0 Å². The van der Waals surface area contributed by atoms with E-state index in [0.717, 1.165) is 11.8 Å². The van der Waals surface area contributed by atoms with Crippen molar-refractivity contribution in [2.75, 3.05) is 5.75 Å². The Labute approximate surface area is 158 Å². The minimum Gasteiger partial charge on any atom is -0.318 e. The number of rotatable bonds is 6. The van der Waals surface area contributed by atoms with Crippen molar-refractivity contribution >= 4 is 29.6 Å². The molecule has 1 aliphatic heterocycles. The number of H-pyrrole nitrogens is 1. The van der Waals surface area contributed by atoms with Crippen molar-refractivity contribution in [1.29, 1.82) is 0 Å². The smallest absolute Gasteiger partial charge is 0.318 e. The number of carbonyl (C=O) groups excluding carboxylic acids is 3. The number of nitrogens with zero attached hydrogens (tertiary/aromatic N) is 2. The molecule has 140 valence electrons. The minimum atomic E-state index is -1.22. The summed E-state index contributed by atoms with van der Waals surface area (Å²) in [5.74, 6) is -1.25. The number of nitrogens with one attached hydrogen (secondary N) is 3. The number of benzene rings is 1. The Bertz CT molecular complexity index is 932. The Morgan fingerprint density at radius 3 is 2.63 bits per heavy atom. The molecule has 0 bridgehead atoms. The van der Waals surface area contributed by atoms with Crippen molar-refractivity contribution in [3.8, 4) is 0 Å². The Morgan fingerprint density at radius 2 is 1.96 bits per heavy atom. The zero-order valence-corrected chi connectivity index (χ0v) is 15.2. The highest BCUT2D eigenvalue weighted by molar-refractivity contribution is 7.99. The van der Waals surface area contributed by atoms with Gasteiger partial charge in [0.2, 0.25) is 5.91 Å². The fourth-order valence-electron chi connectivity index (χ4n) is 2.75. The third-order valence-corrected chi connectivity index (χ3v) is 5.00. The van der Waals surface area contributed by atoms with Crippen LogP contribution >= 0.6 is 11.8 Å². The van der Waals surface area contributed by atoms with Gasteiger partial charge in [-0.1, -0.05) is 49.0 Å². The predicted molar refractivity (Wildman–Crippen MR) is 97.5 cm³/mol. The van der Waals surface area contributed by atoms with Gasteiger partial charge in [0.1, 0.15) is 5.54 Å². The number of hydrogen-bond acceptors (Lipinski definition) is 6. The van der Waals surface area contributed by atoms with Crippen LogP contribution in [0.2, 0.25) is 0 Å². The van der Waals surface area contributed by atoms with Crippen molar-refractivity contribution in [2.45, 2.75) is 24.0 Å². The summed E-state index contributed by atoms with van der Waals surface area (Å²) >= 11 is 0.982. The van der Waals surface area contributed by atoms with E-state index < -0.39 is 23.4 Å². The lowest BCUT2D eigenvalue weighted by Crippen LogP contribution is -2.49. The van der Waals surface area contributed by atoms with E-state index in [2.05, 4.69) is 20.7 Å². The van der Waals surface area contributed by atoms with Crippen LogP contribution in [0.1, 0.15) is 18.9 Å². The first kappa shape index (κ1) is 18.6. The molecule has 10 heteroatoms. The molecule has 27 heavy (non-hydrogen) atoms. The lowest BCUT2D eigenvalue weighted by molar-refractivity contribution is -0.138. The van der Waals surface area contributed by atoms with E-state index in [1.807, 2.05) is 6.07 Å². The van der Waals surface area contributed by atoms with E-state index in [0.29, 0.717) is 17.0 Å². The minimum absolute atomic E-state index is 0.130. The van der Waals surface area contributed by atoms with Gasteiger partial charge in [0.25, 0.3) is 11.5 Å². The van der Waals surface area contributed by atoms with Crippen LogP contribution < -0.4 is 16.3 Å². The lowest BCUT2D eigenvalue weighted by atomic mass is 9.87. The monoisotopic (exact) mass is 387 g/mol. The fraction of sp³-hybridized carbons (Fsp3) is 0.235. The maximum absolute atomic E-state index is 12.9. The maximum atomic E-state index is 12.9. The average Bonchev–Trinajstić information content (AvgIpc) is 2.92. The summed E-state index contributed by atoms with van der Waals surface area (Å²) in [5, 5.41) is 3.64. The van der Waals surface area contributed by atoms with Crippen LogP contribution in [0.4, 0.5) is 4.79 Å². The molecule has 1 fully saturated rings. The first-order valence-electron chi connectivity index (χ1n) is 8.16. The summed E-state index contributed by atoms with van der Waals surface area (Å²) in [6.07, 6.45) is 1.66. The molecule has 1 aromatic carbocycles. The highest BCUT2D eigenvalue weighted by Crippen LogP contribution is 2.31. The molecule has 2 aromatic rings. The summed E-state index contributed by atoms with van der Waals surface area (Å²) in [4.78, 5) is 55.0. The topological polar surface area (TPSA) is 124 Å². The predicted octanol–water partition coefficient (Wildman–Crippen LogP) is 0.750. The molecule has 1 saturated heterocycles. The summed E-state index contributed by atoms with van der Waals surface area (Å²) in [6.45, 7) is 1.78. The van der Waals surface area contributed by atoms with E-state index in [1.54, 1.807) is 31.2 Å². The van der Waals surface area contributed by atoms with Crippen LogP contribution in [-0.2, 0) is 15.1 Å². The highest BCUT2D eigenvalue weighted by Gasteiger charge is 2.52. The third-order valence-electron chi connectivity index (χ3n) is 4.11. The zero-order valence-electron chi connectivity index (χ0n) is 14.4. The summed E-state index contributed by atoms with van der Waals surface area (Å²) in [5.41, 5.74) is 1.40. The quantitative estimate of drug-likeness (QED) is 0.382. The second-order valence-corrected chi connectivity index (χ2v) is 6.72. The Hall–Kier alpha value is -3.14. The van der Waals surface area contributed by atoms with Crippen LogP contribution in [0, 0.1) is 0 Å².